The molecule has 3 aromatic heterocycles. The Hall–Kier alpha value is -3.23. The van der Waals surface area contributed by atoms with Gasteiger partial charge in [0.15, 0.2) is 11.5 Å². The molecule has 130 valence electrons. The molecule has 1 amide bonds. The number of hydrogen-bond donors (Lipinski definition) is 0. The van der Waals surface area contributed by atoms with Gasteiger partial charge in [-0.1, -0.05) is 5.16 Å². The molecule has 0 N–H and O–H groups in total. The van der Waals surface area contributed by atoms with Crippen LogP contribution in [0.5, 0.6) is 5.75 Å². The summed E-state index contributed by atoms with van der Waals surface area (Å²) in [6.45, 7) is 3.92. The number of hydrogen-bond acceptors (Lipinski definition) is 8. The number of nitrogens with zero attached hydrogens (tertiary/aromatic N) is 5. The Kier molecular flexibility index (Phi) is 4.73. The van der Waals surface area contributed by atoms with Crippen LogP contribution in [0.25, 0.3) is 0 Å². The normalized spacial score (nSPS) is 10.7. The molecule has 0 saturated heterocycles. The van der Waals surface area contributed by atoms with Gasteiger partial charge in [0.05, 0.1) is 12.7 Å². The molecular weight excluding hydrogens is 326 g/mol. The van der Waals surface area contributed by atoms with E-state index in [1.54, 1.807) is 26.2 Å². The predicted molar refractivity (Wildman–Crippen MR) is 84.6 cm³/mol. The minimum Gasteiger partial charge on any atom is -0.484 e. The topological polar surface area (TPSA) is 107 Å². The highest BCUT2D eigenvalue weighted by molar-refractivity contribution is 5.91. The predicted octanol–water partition coefficient (Wildman–Crippen LogP) is 1.92. The molecule has 0 atom stereocenters. The molecule has 3 aromatic rings. The van der Waals surface area contributed by atoms with Gasteiger partial charge < -0.3 is 18.6 Å². The zero-order chi connectivity index (χ0) is 17.8. The standard InChI is InChI=1S/C16H17N5O4/c1-10-4-5-12(7-17-10)23-9-13-6-14(20-25-13)16(22)21(3)8-15-19-18-11(2)24-15/h4-7H,8-9H2,1-3H3. The third kappa shape index (κ3) is 4.19. The van der Waals surface area contributed by atoms with E-state index in [9.17, 15) is 4.79 Å². The summed E-state index contributed by atoms with van der Waals surface area (Å²) in [6, 6.07) is 5.20. The fourth-order valence-electron chi connectivity index (χ4n) is 2.05. The molecular formula is C16H17N5O4. The highest BCUT2D eigenvalue weighted by atomic mass is 16.5. The van der Waals surface area contributed by atoms with Crippen LogP contribution in [0.4, 0.5) is 0 Å². The van der Waals surface area contributed by atoms with Crippen molar-refractivity contribution in [3.05, 3.63) is 53.3 Å². The van der Waals surface area contributed by atoms with Crippen molar-refractivity contribution in [1.82, 2.24) is 25.2 Å². The smallest absolute Gasteiger partial charge is 0.276 e. The molecule has 9 heteroatoms. The van der Waals surface area contributed by atoms with Gasteiger partial charge in [0.1, 0.15) is 12.4 Å². The second-order valence-corrected chi connectivity index (χ2v) is 5.48. The Morgan fingerprint density at radius 3 is 2.80 bits per heavy atom. The monoisotopic (exact) mass is 343 g/mol. The second-order valence-electron chi connectivity index (χ2n) is 5.48. The maximum Gasteiger partial charge on any atom is 0.276 e. The van der Waals surface area contributed by atoms with Gasteiger partial charge >= 0.3 is 0 Å². The lowest BCUT2D eigenvalue weighted by molar-refractivity contribution is 0.0761. The van der Waals surface area contributed by atoms with Gasteiger partial charge in [-0.05, 0) is 19.1 Å². The van der Waals surface area contributed by atoms with Gasteiger partial charge in [-0.3, -0.25) is 9.78 Å². The van der Waals surface area contributed by atoms with E-state index in [0.717, 1.165) is 5.69 Å². The summed E-state index contributed by atoms with van der Waals surface area (Å²) in [6.07, 6.45) is 1.62. The van der Waals surface area contributed by atoms with Crippen LogP contribution < -0.4 is 4.74 Å². The lowest BCUT2D eigenvalue weighted by Gasteiger charge is -2.12. The van der Waals surface area contributed by atoms with Gasteiger partial charge in [0.2, 0.25) is 11.8 Å². The second kappa shape index (κ2) is 7.12. The van der Waals surface area contributed by atoms with E-state index in [2.05, 4.69) is 20.3 Å². The van der Waals surface area contributed by atoms with E-state index in [-0.39, 0.29) is 24.8 Å². The summed E-state index contributed by atoms with van der Waals surface area (Å²) in [5, 5.41) is 11.4. The Balaban J connectivity index is 1.58. The van der Waals surface area contributed by atoms with Crippen molar-refractivity contribution in [1.29, 1.82) is 0 Å². The fourth-order valence-corrected chi connectivity index (χ4v) is 2.05. The molecule has 9 nitrogen and oxygen atoms in total. The van der Waals surface area contributed by atoms with E-state index in [1.807, 2.05) is 19.1 Å². The first-order chi connectivity index (χ1) is 12.0. The molecule has 0 fully saturated rings. The van der Waals surface area contributed by atoms with Crippen LogP contribution in [0.15, 0.2) is 33.3 Å². The molecule has 0 aliphatic rings. The van der Waals surface area contributed by atoms with Crippen LogP contribution in [0.2, 0.25) is 0 Å². The van der Waals surface area contributed by atoms with Crippen LogP contribution >= 0.6 is 0 Å². The Morgan fingerprint density at radius 1 is 1.28 bits per heavy atom. The van der Waals surface area contributed by atoms with E-state index in [0.29, 0.717) is 23.3 Å². The molecule has 0 aliphatic carbocycles. The van der Waals surface area contributed by atoms with E-state index < -0.39 is 0 Å². The van der Waals surface area contributed by atoms with Gasteiger partial charge in [-0.2, -0.15) is 0 Å². The summed E-state index contributed by atoms with van der Waals surface area (Å²) in [5.41, 5.74) is 1.08. The zero-order valence-corrected chi connectivity index (χ0v) is 14.1. The molecule has 0 spiro atoms. The van der Waals surface area contributed by atoms with Crippen LogP contribution in [0.1, 0.15) is 33.7 Å². The van der Waals surface area contributed by atoms with Crippen molar-refractivity contribution in [3.63, 3.8) is 0 Å². The maximum absolute atomic E-state index is 12.3. The number of rotatable bonds is 6. The van der Waals surface area contributed by atoms with Crippen LogP contribution in [-0.2, 0) is 13.2 Å². The zero-order valence-electron chi connectivity index (χ0n) is 14.1. The number of aryl methyl sites for hydroxylation is 2. The third-order valence-electron chi connectivity index (χ3n) is 3.33. The number of ether oxygens (including phenoxy) is 1. The largest absolute Gasteiger partial charge is 0.484 e. The third-order valence-corrected chi connectivity index (χ3v) is 3.33. The van der Waals surface area contributed by atoms with Crippen LogP contribution in [-0.4, -0.2) is 38.2 Å². The minimum atomic E-state index is -0.317. The Morgan fingerprint density at radius 2 is 2.12 bits per heavy atom. The Bertz CT molecular complexity index is 856. The molecule has 0 aromatic carbocycles. The highest BCUT2D eigenvalue weighted by Crippen LogP contribution is 2.13. The first-order valence-electron chi connectivity index (χ1n) is 7.57. The summed E-state index contributed by atoms with van der Waals surface area (Å²) in [5.74, 6) is 1.53. The minimum absolute atomic E-state index is 0.150. The molecule has 0 radical (unpaired) electrons. The van der Waals surface area contributed by atoms with Crippen molar-refractivity contribution < 1.29 is 18.5 Å². The summed E-state index contributed by atoms with van der Waals surface area (Å²) in [7, 11) is 1.62. The van der Waals surface area contributed by atoms with Crippen molar-refractivity contribution in [2.45, 2.75) is 27.0 Å². The average molecular weight is 343 g/mol. The van der Waals surface area contributed by atoms with Crippen LogP contribution in [0, 0.1) is 13.8 Å². The van der Waals surface area contributed by atoms with E-state index >= 15 is 0 Å². The number of aromatic nitrogens is 4. The van der Waals surface area contributed by atoms with Gasteiger partial charge in [0.25, 0.3) is 5.91 Å². The van der Waals surface area contributed by atoms with Gasteiger partial charge in [-0.25, -0.2) is 0 Å². The average Bonchev–Trinajstić information content (AvgIpc) is 3.23. The first kappa shape index (κ1) is 16.6. The molecule has 3 rings (SSSR count). The first-order valence-corrected chi connectivity index (χ1v) is 7.57. The summed E-state index contributed by atoms with van der Waals surface area (Å²) in [4.78, 5) is 17.9. The molecule has 0 aliphatic heterocycles. The van der Waals surface area contributed by atoms with Crippen LogP contribution in [0.3, 0.4) is 0 Å². The van der Waals surface area contributed by atoms with Gasteiger partial charge in [-0.15, -0.1) is 10.2 Å². The number of carbonyl (C=O) groups is 1. The quantitative estimate of drug-likeness (QED) is 0.668. The lowest BCUT2D eigenvalue weighted by Crippen LogP contribution is -2.26. The van der Waals surface area contributed by atoms with Crippen molar-refractivity contribution in [3.8, 4) is 5.75 Å². The molecule has 3 heterocycles. The molecule has 0 unspecified atom stereocenters. The summed E-state index contributed by atoms with van der Waals surface area (Å²) < 4.78 is 15.9. The molecule has 0 bridgehead atoms. The lowest BCUT2D eigenvalue weighted by atomic mass is 10.3. The number of pyridine rings is 1. The van der Waals surface area contributed by atoms with E-state index in [1.165, 1.54) is 4.90 Å². The molecule has 25 heavy (non-hydrogen) atoms. The van der Waals surface area contributed by atoms with Crippen molar-refractivity contribution in [2.75, 3.05) is 7.05 Å². The SMILES string of the molecule is Cc1ccc(OCc2cc(C(=O)N(C)Cc3nnc(C)o3)no2)cn1. The van der Waals surface area contributed by atoms with Crippen molar-refractivity contribution >= 4 is 5.91 Å². The Labute approximate surface area is 143 Å². The number of carbonyl (C=O) groups excluding carboxylic acids is 1. The highest BCUT2D eigenvalue weighted by Gasteiger charge is 2.19. The molecule has 0 saturated carbocycles. The number of amides is 1. The van der Waals surface area contributed by atoms with E-state index in [4.69, 9.17) is 13.7 Å². The van der Waals surface area contributed by atoms with Gasteiger partial charge in [0, 0.05) is 25.7 Å². The maximum atomic E-state index is 12.3. The summed E-state index contributed by atoms with van der Waals surface area (Å²) >= 11 is 0. The van der Waals surface area contributed by atoms with Crippen molar-refractivity contribution in [2.24, 2.45) is 0 Å². The fraction of sp³-hybridized carbons (Fsp3) is 0.312.